The van der Waals surface area contributed by atoms with E-state index < -0.39 is 11.8 Å². The average Bonchev–Trinajstić information content (AvgIpc) is 2.48. The summed E-state index contributed by atoms with van der Waals surface area (Å²) in [7, 11) is 0. The molecule has 0 fully saturated rings. The first-order valence-corrected chi connectivity index (χ1v) is 5.82. The van der Waals surface area contributed by atoms with Gasteiger partial charge in [0.15, 0.2) is 0 Å². The summed E-state index contributed by atoms with van der Waals surface area (Å²) in [6, 6.07) is 8.51. The molecule has 0 aliphatic rings. The van der Waals surface area contributed by atoms with Gasteiger partial charge in [-0.1, -0.05) is 0 Å². The number of aromatic nitrogens is 1. The predicted molar refractivity (Wildman–Crippen MR) is 71.2 cm³/mol. The molecule has 6 heteroatoms. The van der Waals surface area contributed by atoms with E-state index in [-0.39, 0.29) is 11.3 Å². The summed E-state index contributed by atoms with van der Waals surface area (Å²) >= 11 is 0. The first-order valence-electron chi connectivity index (χ1n) is 5.82. The van der Waals surface area contributed by atoms with E-state index in [0.717, 1.165) is 11.6 Å². The Hall–Kier alpha value is -2.94. The molecule has 1 aromatic heterocycles. The molecule has 2 N–H and O–H groups in total. The highest BCUT2D eigenvalue weighted by Gasteiger charge is 2.07. The fourth-order valence-corrected chi connectivity index (χ4v) is 1.57. The van der Waals surface area contributed by atoms with Crippen molar-refractivity contribution in [1.82, 2.24) is 10.3 Å². The number of amides is 2. The van der Waals surface area contributed by atoms with Crippen molar-refractivity contribution in [2.75, 3.05) is 5.32 Å². The Labute approximate surface area is 115 Å². The van der Waals surface area contributed by atoms with Gasteiger partial charge in [0.25, 0.3) is 0 Å². The van der Waals surface area contributed by atoms with Crippen LogP contribution in [-0.2, 0) is 6.54 Å². The SMILES string of the molecule is N#Cc1cc(F)ccc1NC(=O)NCc1ccncc1. The smallest absolute Gasteiger partial charge is 0.319 e. The van der Waals surface area contributed by atoms with Crippen molar-refractivity contribution in [2.45, 2.75) is 6.54 Å². The van der Waals surface area contributed by atoms with E-state index in [2.05, 4.69) is 15.6 Å². The van der Waals surface area contributed by atoms with Crippen LogP contribution < -0.4 is 10.6 Å². The fraction of sp³-hybridized carbons (Fsp3) is 0.0714. The number of benzene rings is 1. The molecule has 2 rings (SSSR count). The van der Waals surface area contributed by atoms with Crippen molar-refractivity contribution < 1.29 is 9.18 Å². The monoisotopic (exact) mass is 270 g/mol. The number of hydrogen-bond donors (Lipinski definition) is 2. The number of carbonyl (C=O) groups is 1. The normalized spacial score (nSPS) is 9.60. The molecule has 0 aliphatic heterocycles. The number of anilines is 1. The maximum absolute atomic E-state index is 13.0. The Morgan fingerprint density at radius 2 is 2.05 bits per heavy atom. The molecule has 0 unspecified atom stereocenters. The molecule has 20 heavy (non-hydrogen) atoms. The van der Waals surface area contributed by atoms with E-state index in [4.69, 9.17) is 5.26 Å². The standard InChI is InChI=1S/C14H11FN4O/c15-12-1-2-13(11(7-12)8-16)19-14(20)18-9-10-3-5-17-6-4-10/h1-7H,9H2,(H2,18,19,20). The van der Waals surface area contributed by atoms with Gasteiger partial charge >= 0.3 is 6.03 Å². The van der Waals surface area contributed by atoms with E-state index in [1.54, 1.807) is 24.5 Å². The molecular formula is C14H11FN4O. The summed E-state index contributed by atoms with van der Waals surface area (Å²) < 4.78 is 13.0. The van der Waals surface area contributed by atoms with Crippen molar-refractivity contribution in [1.29, 1.82) is 5.26 Å². The molecule has 0 atom stereocenters. The third kappa shape index (κ3) is 3.53. The lowest BCUT2D eigenvalue weighted by atomic mass is 10.2. The largest absolute Gasteiger partial charge is 0.334 e. The minimum Gasteiger partial charge on any atom is -0.334 e. The Balaban J connectivity index is 1.97. The van der Waals surface area contributed by atoms with Crippen LogP contribution in [0.25, 0.3) is 0 Å². The van der Waals surface area contributed by atoms with Gasteiger partial charge in [0.1, 0.15) is 11.9 Å². The van der Waals surface area contributed by atoms with Gasteiger partial charge in [-0.15, -0.1) is 0 Å². The summed E-state index contributed by atoms with van der Waals surface area (Å²) in [5.74, 6) is -0.524. The molecule has 100 valence electrons. The third-order valence-electron chi connectivity index (χ3n) is 2.55. The average molecular weight is 270 g/mol. The topological polar surface area (TPSA) is 77.8 Å². The fourth-order valence-electron chi connectivity index (χ4n) is 1.57. The van der Waals surface area contributed by atoms with Crippen molar-refractivity contribution in [3.63, 3.8) is 0 Å². The van der Waals surface area contributed by atoms with Gasteiger partial charge in [-0.05, 0) is 35.9 Å². The summed E-state index contributed by atoms with van der Waals surface area (Å²) in [6.45, 7) is 0.331. The molecule has 0 spiro atoms. The summed E-state index contributed by atoms with van der Waals surface area (Å²) in [4.78, 5) is 15.6. The number of hydrogen-bond acceptors (Lipinski definition) is 3. The van der Waals surface area contributed by atoms with E-state index in [1.807, 2.05) is 6.07 Å². The zero-order valence-corrected chi connectivity index (χ0v) is 10.4. The third-order valence-corrected chi connectivity index (χ3v) is 2.55. The number of rotatable bonds is 3. The molecule has 1 aromatic carbocycles. The molecular weight excluding hydrogens is 259 g/mol. The van der Waals surface area contributed by atoms with Crippen molar-refractivity contribution in [3.8, 4) is 6.07 Å². The van der Waals surface area contributed by atoms with Gasteiger partial charge in [0.05, 0.1) is 11.3 Å². The highest BCUT2D eigenvalue weighted by atomic mass is 19.1. The van der Waals surface area contributed by atoms with Crippen LogP contribution in [0.3, 0.4) is 0 Å². The Morgan fingerprint density at radius 1 is 1.30 bits per heavy atom. The van der Waals surface area contributed by atoms with Crippen LogP contribution >= 0.6 is 0 Å². The number of nitrogens with zero attached hydrogens (tertiary/aromatic N) is 2. The molecule has 0 aliphatic carbocycles. The first kappa shape index (κ1) is 13.5. The number of urea groups is 1. The summed E-state index contributed by atoms with van der Waals surface area (Å²) in [5.41, 5.74) is 1.24. The van der Waals surface area contributed by atoms with Crippen LogP contribution in [0.4, 0.5) is 14.9 Å². The van der Waals surface area contributed by atoms with Crippen LogP contribution in [0.1, 0.15) is 11.1 Å². The zero-order valence-electron chi connectivity index (χ0n) is 10.4. The number of halogens is 1. The van der Waals surface area contributed by atoms with Gasteiger partial charge in [-0.2, -0.15) is 5.26 Å². The van der Waals surface area contributed by atoms with Crippen molar-refractivity contribution >= 4 is 11.7 Å². The van der Waals surface area contributed by atoms with E-state index in [1.165, 1.54) is 12.1 Å². The number of nitrogens with one attached hydrogen (secondary N) is 2. The molecule has 0 bridgehead atoms. The maximum Gasteiger partial charge on any atom is 0.319 e. The molecule has 0 saturated carbocycles. The predicted octanol–water partition coefficient (Wildman–Crippen LogP) is 2.41. The van der Waals surface area contributed by atoms with Crippen LogP contribution in [0, 0.1) is 17.1 Å². The second kappa shape index (κ2) is 6.29. The minimum absolute atomic E-state index is 0.0732. The highest BCUT2D eigenvalue weighted by molar-refractivity contribution is 5.90. The van der Waals surface area contributed by atoms with Crippen LogP contribution in [0.5, 0.6) is 0 Å². The Bertz CT molecular complexity index is 652. The number of pyridine rings is 1. The molecule has 1 heterocycles. The Morgan fingerprint density at radius 3 is 2.75 bits per heavy atom. The highest BCUT2D eigenvalue weighted by Crippen LogP contribution is 2.15. The van der Waals surface area contributed by atoms with Gasteiger partial charge in [-0.3, -0.25) is 4.98 Å². The van der Waals surface area contributed by atoms with Gasteiger partial charge < -0.3 is 10.6 Å². The van der Waals surface area contributed by atoms with Gasteiger partial charge in [0.2, 0.25) is 0 Å². The van der Waals surface area contributed by atoms with E-state index in [9.17, 15) is 9.18 Å². The van der Waals surface area contributed by atoms with E-state index >= 15 is 0 Å². The summed E-state index contributed by atoms with van der Waals surface area (Å²) in [6.07, 6.45) is 3.26. The number of nitriles is 1. The van der Waals surface area contributed by atoms with Crippen molar-refractivity contribution in [3.05, 3.63) is 59.7 Å². The molecule has 0 saturated heterocycles. The van der Waals surface area contributed by atoms with Crippen molar-refractivity contribution in [2.24, 2.45) is 0 Å². The zero-order chi connectivity index (χ0) is 14.4. The second-order valence-electron chi connectivity index (χ2n) is 3.96. The van der Waals surface area contributed by atoms with Crippen LogP contribution in [-0.4, -0.2) is 11.0 Å². The lowest BCUT2D eigenvalue weighted by Gasteiger charge is -2.08. The lowest BCUT2D eigenvalue weighted by Crippen LogP contribution is -2.28. The van der Waals surface area contributed by atoms with Gasteiger partial charge in [0, 0.05) is 18.9 Å². The van der Waals surface area contributed by atoms with Crippen LogP contribution in [0.2, 0.25) is 0 Å². The quantitative estimate of drug-likeness (QED) is 0.899. The van der Waals surface area contributed by atoms with E-state index in [0.29, 0.717) is 6.54 Å². The van der Waals surface area contributed by atoms with Crippen LogP contribution in [0.15, 0.2) is 42.7 Å². The second-order valence-corrected chi connectivity index (χ2v) is 3.96. The first-order chi connectivity index (χ1) is 9.69. The molecule has 2 aromatic rings. The molecule has 2 amide bonds. The maximum atomic E-state index is 13.0. The molecule has 0 radical (unpaired) electrons. The number of carbonyl (C=O) groups excluding carboxylic acids is 1. The Kier molecular flexibility index (Phi) is 4.24. The van der Waals surface area contributed by atoms with Gasteiger partial charge in [-0.25, -0.2) is 9.18 Å². The summed E-state index contributed by atoms with van der Waals surface area (Å²) in [5, 5.41) is 14.0. The molecule has 5 nitrogen and oxygen atoms in total. The lowest BCUT2D eigenvalue weighted by molar-refractivity contribution is 0.251. The minimum atomic E-state index is -0.524.